The second-order valence-corrected chi connectivity index (χ2v) is 13.0. The van der Waals surface area contributed by atoms with E-state index in [9.17, 15) is 25.2 Å². The molecule has 0 heterocycles. The fraction of sp³-hybridized carbons (Fsp3) is 1.00. The van der Waals surface area contributed by atoms with Gasteiger partial charge >= 0.3 is 33.0 Å². The number of hydrogen-bond acceptors (Lipinski definition) is 0. The van der Waals surface area contributed by atoms with Gasteiger partial charge in [-0.15, -0.1) is 0 Å². The molecule has 152 valence electrons. The molecule has 8 heteroatoms. The standard InChI is InChI=1S/C16H36P.F6P/c1-5-9-13-17(14-10-6-2,15-11-7-3)16-12-8-4;1-7(2,3,4,5)6/h5-16H2,1-4H3;/q+1;-1. The number of hydrogen-bond donors (Lipinski definition) is 0. The van der Waals surface area contributed by atoms with Crippen LogP contribution in [0.2, 0.25) is 0 Å². The van der Waals surface area contributed by atoms with Gasteiger partial charge in [0, 0.05) is 7.26 Å². The van der Waals surface area contributed by atoms with Crippen molar-refractivity contribution in [2.24, 2.45) is 0 Å². The summed E-state index contributed by atoms with van der Waals surface area (Å²) in [5.41, 5.74) is 0. The Bertz CT molecular complexity index is 263. The van der Waals surface area contributed by atoms with Crippen molar-refractivity contribution < 1.29 is 25.2 Å². The van der Waals surface area contributed by atoms with E-state index in [-0.39, 0.29) is 0 Å². The summed E-state index contributed by atoms with van der Waals surface area (Å²) >= 11 is 0. The van der Waals surface area contributed by atoms with Crippen LogP contribution in [-0.4, -0.2) is 24.6 Å². The SMILES string of the molecule is CCCC[P+](CCCC)(CCCC)CCCC.F[P-](F)(F)(F)(F)F. The molecule has 0 nitrogen and oxygen atoms in total. The van der Waals surface area contributed by atoms with E-state index in [4.69, 9.17) is 0 Å². The average molecular weight is 404 g/mol. The van der Waals surface area contributed by atoms with Crippen LogP contribution in [0.1, 0.15) is 79.1 Å². The minimum atomic E-state index is -10.7. The first kappa shape index (κ1) is 26.7. The molecule has 0 spiro atoms. The molecule has 0 saturated carbocycles. The number of unbranched alkanes of at least 4 members (excludes halogenated alkanes) is 4. The van der Waals surface area contributed by atoms with Crippen molar-refractivity contribution in [3.8, 4) is 0 Å². The number of rotatable bonds is 12. The van der Waals surface area contributed by atoms with Gasteiger partial charge in [0.15, 0.2) is 0 Å². The molecule has 0 rings (SSSR count). The molecule has 0 aliphatic heterocycles. The van der Waals surface area contributed by atoms with Gasteiger partial charge in [-0.05, 0) is 25.7 Å². The topological polar surface area (TPSA) is 0 Å². The predicted molar refractivity (Wildman–Crippen MR) is 99.6 cm³/mol. The van der Waals surface area contributed by atoms with Gasteiger partial charge in [0.25, 0.3) is 0 Å². The molecule has 0 N–H and O–H groups in total. The summed E-state index contributed by atoms with van der Waals surface area (Å²) in [6.07, 6.45) is 17.9. The van der Waals surface area contributed by atoms with E-state index >= 15 is 0 Å². The Morgan fingerprint density at radius 3 is 0.792 bits per heavy atom. The Labute approximate surface area is 144 Å². The average Bonchev–Trinajstić information content (AvgIpc) is 2.42. The van der Waals surface area contributed by atoms with Crippen LogP contribution >= 0.6 is 15.1 Å². The summed E-state index contributed by atoms with van der Waals surface area (Å²) in [4.78, 5) is 0. The quantitative estimate of drug-likeness (QED) is 0.224. The zero-order valence-electron chi connectivity index (χ0n) is 15.6. The maximum absolute atomic E-state index is 10.7. The van der Waals surface area contributed by atoms with E-state index in [0.29, 0.717) is 0 Å². The summed E-state index contributed by atoms with van der Waals surface area (Å²) in [6, 6.07) is 0. The van der Waals surface area contributed by atoms with Gasteiger partial charge in [-0.1, -0.05) is 53.4 Å². The van der Waals surface area contributed by atoms with Crippen molar-refractivity contribution >= 4 is 15.1 Å². The van der Waals surface area contributed by atoms with Crippen LogP contribution in [0.4, 0.5) is 25.2 Å². The molecule has 0 atom stereocenters. The molecule has 0 aromatic heterocycles. The Balaban J connectivity index is 0. The Morgan fingerprint density at radius 2 is 0.667 bits per heavy atom. The molecule has 0 aromatic carbocycles. The molecule has 0 unspecified atom stereocenters. The predicted octanol–water partition coefficient (Wildman–Crippen LogP) is 9.59. The molecule has 0 aliphatic carbocycles. The summed E-state index contributed by atoms with van der Waals surface area (Å²) in [5, 5.41) is 0. The van der Waals surface area contributed by atoms with Gasteiger partial charge in [-0.2, -0.15) is 0 Å². The first-order valence-corrected chi connectivity index (χ1v) is 13.7. The molecule has 0 bridgehead atoms. The van der Waals surface area contributed by atoms with E-state index in [2.05, 4.69) is 27.7 Å². The third kappa shape index (κ3) is 24.7. The van der Waals surface area contributed by atoms with E-state index in [1.165, 1.54) is 51.4 Å². The van der Waals surface area contributed by atoms with Gasteiger partial charge in [0.2, 0.25) is 0 Å². The molecular weight excluding hydrogens is 368 g/mol. The summed E-state index contributed by atoms with van der Waals surface area (Å²) < 4.78 is 59.2. The normalized spacial score (nSPS) is 15.2. The molecule has 0 aromatic rings. The summed E-state index contributed by atoms with van der Waals surface area (Å²) in [6.45, 7) is 9.42. The summed E-state index contributed by atoms with van der Waals surface area (Å²) in [5.74, 6) is 0. The molecular formula is C16H36F6P2. The van der Waals surface area contributed by atoms with Crippen molar-refractivity contribution in [3.63, 3.8) is 0 Å². The first-order chi connectivity index (χ1) is 10.7. The third-order valence-electron chi connectivity index (χ3n) is 3.94. The van der Waals surface area contributed by atoms with Crippen molar-refractivity contribution in [1.82, 2.24) is 0 Å². The Hall–Kier alpha value is 0.440. The van der Waals surface area contributed by atoms with Crippen LogP contribution in [0.3, 0.4) is 0 Å². The fourth-order valence-corrected chi connectivity index (χ4v) is 7.93. The van der Waals surface area contributed by atoms with Crippen molar-refractivity contribution in [1.29, 1.82) is 0 Å². The van der Waals surface area contributed by atoms with E-state index < -0.39 is 15.1 Å². The van der Waals surface area contributed by atoms with Crippen molar-refractivity contribution in [2.45, 2.75) is 79.1 Å². The first-order valence-electron chi connectivity index (χ1n) is 9.11. The van der Waals surface area contributed by atoms with Crippen LogP contribution in [0, 0.1) is 0 Å². The van der Waals surface area contributed by atoms with Gasteiger partial charge in [-0.3, -0.25) is 0 Å². The molecule has 0 aliphatic rings. The summed E-state index contributed by atoms with van der Waals surface area (Å²) in [7, 11) is -11.2. The Kier molecular flexibility index (Phi) is 11.7. The van der Waals surface area contributed by atoms with Gasteiger partial charge in [0.05, 0.1) is 24.6 Å². The van der Waals surface area contributed by atoms with Crippen molar-refractivity contribution in [2.75, 3.05) is 24.6 Å². The van der Waals surface area contributed by atoms with Crippen LogP contribution in [-0.2, 0) is 0 Å². The maximum atomic E-state index is 9.87. The van der Waals surface area contributed by atoms with Crippen LogP contribution in [0.25, 0.3) is 0 Å². The minimum absolute atomic E-state index is 0.562. The van der Waals surface area contributed by atoms with Crippen molar-refractivity contribution in [3.05, 3.63) is 0 Å². The Morgan fingerprint density at radius 1 is 0.500 bits per heavy atom. The molecule has 24 heavy (non-hydrogen) atoms. The van der Waals surface area contributed by atoms with Crippen LogP contribution in [0.5, 0.6) is 0 Å². The van der Waals surface area contributed by atoms with Crippen LogP contribution in [0.15, 0.2) is 0 Å². The third-order valence-corrected chi connectivity index (χ3v) is 9.00. The molecule has 0 radical (unpaired) electrons. The fourth-order valence-electron chi connectivity index (χ4n) is 2.64. The monoisotopic (exact) mass is 404 g/mol. The molecule has 0 fully saturated rings. The van der Waals surface area contributed by atoms with Gasteiger partial charge in [-0.25, -0.2) is 0 Å². The number of halogens is 6. The second kappa shape index (κ2) is 10.6. The second-order valence-electron chi connectivity index (χ2n) is 6.61. The molecule has 0 saturated heterocycles. The zero-order valence-corrected chi connectivity index (χ0v) is 17.4. The molecule has 0 amide bonds. The van der Waals surface area contributed by atoms with Crippen LogP contribution < -0.4 is 0 Å². The zero-order chi connectivity index (χ0) is 19.4. The van der Waals surface area contributed by atoms with Gasteiger partial charge in [0.1, 0.15) is 0 Å². The van der Waals surface area contributed by atoms with E-state index in [0.717, 1.165) is 0 Å². The van der Waals surface area contributed by atoms with Gasteiger partial charge < -0.3 is 0 Å². The van der Waals surface area contributed by atoms with E-state index in [1.807, 2.05) is 0 Å². The van der Waals surface area contributed by atoms with E-state index in [1.54, 1.807) is 24.6 Å².